The smallest absolute Gasteiger partial charge is 0.267 e. The molecule has 1 heterocycles. The van der Waals surface area contributed by atoms with Crippen LogP contribution in [0.2, 0.25) is 0 Å². The highest BCUT2D eigenvalue weighted by molar-refractivity contribution is 7.79. The molecule has 0 spiro atoms. The van der Waals surface area contributed by atoms with Gasteiger partial charge in [0.05, 0.1) is 0 Å². The van der Waals surface area contributed by atoms with Crippen molar-refractivity contribution in [3.05, 3.63) is 0 Å². The van der Waals surface area contributed by atoms with E-state index >= 15 is 0 Å². The molecule has 0 amide bonds. The van der Waals surface area contributed by atoms with E-state index in [-0.39, 0.29) is 0 Å². The van der Waals surface area contributed by atoms with Crippen LogP contribution >= 0.6 is 0 Å². The Morgan fingerprint density at radius 1 is 2.00 bits per heavy atom. The van der Waals surface area contributed by atoms with Gasteiger partial charge in [0.25, 0.3) is 11.3 Å². The third kappa shape index (κ3) is 0.636. The summed E-state index contributed by atoms with van der Waals surface area (Å²) in [5, 5.41) is 0. The second-order valence-corrected chi connectivity index (χ2v) is 1.67. The molecule has 1 aliphatic rings. The Morgan fingerprint density at radius 2 is 2.83 bits per heavy atom. The average Bonchev–Trinajstić information content (AvgIpc) is 1.86. The van der Waals surface area contributed by atoms with E-state index in [0.29, 0.717) is 6.61 Å². The van der Waals surface area contributed by atoms with E-state index in [0.717, 1.165) is 0 Å². The largest absolute Gasteiger partial charge is 0.284 e. The Bertz CT molecular complexity index is 99.7. The Hall–Kier alpha value is -0.220. The van der Waals surface area contributed by atoms with Gasteiger partial charge in [0.15, 0.2) is 0 Å². The average molecular weight is 105 g/mol. The quantitative estimate of drug-likeness (QED) is 0.423. The van der Waals surface area contributed by atoms with Crippen molar-refractivity contribution in [2.24, 2.45) is 4.40 Å². The molecule has 1 unspecified atom stereocenters. The zero-order valence-corrected chi connectivity index (χ0v) is 3.77. The molecule has 0 N–H and O–H groups in total. The standard InChI is InChI=1S/C2H3NO2S/c4-6-3-1-2-5-6/h1H,2H2. The van der Waals surface area contributed by atoms with Crippen molar-refractivity contribution in [2.75, 3.05) is 6.61 Å². The van der Waals surface area contributed by atoms with Crippen LogP contribution in [0.5, 0.6) is 0 Å². The topological polar surface area (TPSA) is 38.7 Å². The first-order chi connectivity index (χ1) is 2.89. The van der Waals surface area contributed by atoms with Crippen molar-refractivity contribution >= 4 is 17.5 Å². The summed E-state index contributed by atoms with van der Waals surface area (Å²) in [4.78, 5) is 0. The zero-order chi connectivity index (χ0) is 4.41. The Balaban J connectivity index is 2.59. The fourth-order valence-electron chi connectivity index (χ4n) is 0.210. The summed E-state index contributed by atoms with van der Waals surface area (Å²) in [6.07, 6.45) is 1.48. The molecule has 0 radical (unpaired) electrons. The second kappa shape index (κ2) is 1.49. The summed E-state index contributed by atoms with van der Waals surface area (Å²) in [5.41, 5.74) is 0. The molecule has 1 aliphatic heterocycles. The molecule has 0 aliphatic carbocycles. The molecule has 34 valence electrons. The van der Waals surface area contributed by atoms with Gasteiger partial charge in [-0.15, -0.1) is 0 Å². The van der Waals surface area contributed by atoms with E-state index in [1.54, 1.807) is 0 Å². The lowest BCUT2D eigenvalue weighted by Crippen LogP contribution is -1.82. The molecular weight excluding hydrogens is 102 g/mol. The number of hydrogen-bond acceptors (Lipinski definition) is 2. The van der Waals surface area contributed by atoms with Crippen molar-refractivity contribution in [2.45, 2.75) is 0 Å². The monoisotopic (exact) mass is 105 g/mol. The summed E-state index contributed by atoms with van der Waals surface area (Å²) in [6.45, 7) is 0.395. The van der Waals surface area contributed by atoms with Gasteiger partial charge in [-0.1, -0.05) is 0 Å². The maximum Gasteiger partial charge on any atom is 0.284 e. The fraction of sp³-hybridized carbons (Fsp3) is 0.500. The summed E-state index contributed by atoms with van der Waals surface area (Å²) in [5.74, 6) is 0. The molecule has 1 rings (SSSR count). The van der Waals surface area contributed by atoms with Gasteiger partial charge in [-0.2, -0.15) is 4.40 Å². The molecule has 0 bridgehead atoms. The minimum absolute atomic E-state index is 0.395. The van der Waals surface area contributed by atoms with Gasteiger partial charge in [-0.3, -0.25) is 4.18 Å². The maximum absolute atomic E-state index is 9.93. The van der Waals surface area contributed by atoms with E-state index in [9.17, 15) is 4.21 Å². The van der Waals surface area contributed by atoms with Crippen LogP contribution < -0.4 is 0 Å². The van der Waals surface area contributed by atoms with Crippen LogP contribution in [0.1, 0.15) is 0 Å². The van der Waals surface area contributed by atoms with Gasteiger partial charge >= 0.3 is 0 Å². The number of nitrogens with zero attached hydrogens (tertiary/aromatic N) is 1. The predicted molar refractivity (Wildman–Crippen MR) is 22.6 cm³/mol. The van der Waals surface area contributed by atoms with Crippen LogP contribution in [0.25, 0.3) is 0 Å². The van der Waals surface area contributed by atoms with Gasteiger partial charge in [-0.25, -0.2) is 4.21 Å². The molecule has 4 heteroatoms. The molecule has 0 saturated heterocycles. The summed E-state index contributed by atoms with van der Waals surface area (Å²) in [7, 11) is 0. The highest BCUT2D eigenvalue weighted by atomic mass is 32.2. The Morgan fingerprint density at radius 3 is 3.00 bits per heavy atom. The predicted octanol–water partition coefficient (Wildman–Crippen LogP) is -0.334. The molecule has 0 saturated carbocycles. The zero-order valence-electron chi connectivity index (χ0n) is 2.96. The van der Waals surface area contributed by atoms with Gasteiger partial charge in [0, 0.05) is 6.21 Å². The minimum Gasteiger partial charge on any atom is -0.267 e. The van der Waals surface area contributed by atoms with E-state index in [1.165, 1.54) is 6.21 Å². The minimum atomic E-state index is -1.35. The van der Waals surface area contributed by atoms with Gasteiger partial charge in [0.2, 0.25) is 0 Å². The molecule has 0 aromatic rings. The normalized spacial score (nSPS) is 31.7. The Labute approximate surface area is 37.8 Å². The van der Waals surface area contributed by atoms with Gasteiger partial charge in [0.1, 0.15) is 6.61 Å². The lowest BCUT2D eigenvalue weighted by molar-refractivity contribution is 0.424. The van der Waals surface area contributed by atoms with Crippen LogP contribution in [-0.2, 0) is 15.4 Å². The SMILES string of the molecule is O=S1N=CCO1. The van der Waals surface area contributed by atoms with E-state index in [4.69, 9.17) is 0 Å². The first-order valence-corrected chi connectivity index (χ1v) is 2.50. The number of hydrogen-bond donors (Lipinski definition) is 0. The molecule has 0 aromatic heterocycles. The number of rotatable bonds is 0. The van der Waals surface area contributed by atoms with E-state index in [2.05, 4.69) is 8.58 Å². The first-order valence-electron chi connectivity index (χ1n) is 1.47. The van der Waals surface area contributed by atoms with E-state index < -0.39 is 11.3 Å². The van der Waals surface area contributed by atoms with Crippen molar-refractivity contribution in [3.8, 4) is 0 Å². The summed E-state index contributed by atoms with van der Waals surface area (Å²) < 4.78 is 17.7. The van der Waals surface area contributed by atoms with Crippen LogP contribution in [0.4, 0.5) is 0 Å². The highest BCUT2D eigenvalue weighted by Crippen LogP contribution is 1.90. The first kappa shape index (κ1) is 3.95. The lowest BCUT2D eigenvalue weighted by Gasteiger charge is -1.75. The van der Waals surface area contributed by atoms with Crippen molar-refractivity contribution in [1.29, 1.82) is 0 Å². The van der Waals surface area contributed by atoms with Crippen LogP contribution in [0.3, 0.4) is 0 Å². The highest BCUT2D eigenvalue weighted by Gasteiger charge is 1.98. The molecule has 3 nitrogen and oxygen atoms in total. The van der Waals surface area contributed by atoms with Crippen molar-refractivity contribution in [1.82, 2.24) is 0 Å². The third-order valence-electron chi connectivity index (χ3n) is 0.404. The van der Waals surface area contributed by atoms with Crippen LogP contribution in [0, 0.1) is 0 Å². The fourth-order valence-corrected chi connectivity index (χ4v) is 0.631. The lowest BCUT2D eigenvalue weighted by atomic mass is 10.8. The summed E-state index contributed by atoms with van der Waals surface area (Å²) >= 11 is -1.35. The molecule has 0 fully saturated rings. The molecular formula is C2H3NO2S. The molecule has 1 atom stereocenters. The van der Waals surface area contributed by atoms with Crippen molar-refractivity contribution in [3.63, 3.8) is 0 Å². The third-order valence-corrected chi connectivity index (χ3v) is 1.06. The molecule has 0 aromatic carbocycles. The van der Waals surface area contributed by atoms with Crippen molar-refractivity contribution < 1.29 is 8.39 Å². The maximum atomic E-state index is 9.93. The van der Waals surface area contributed by atoms with Gasteiger partial charge < -0.3 is 0 Å². The van der Waals surface area contributed by atoms with Crippen LogP contribution in [-0.4, -0.2) is 17.0 Å². The summed E-state index contributed by atoms with van der Waals surface area (Å²) in [6, 6.07) is 0. The van der Waals surface area contributed by atoms with E-state index in [1.807, 2.05) is 0 Å². The molecule has 6 heavy (non-hydrogen) atoms. The van der Waals surface area contributed by atoms with Crippen LogP contribution in [0.15, 0.2) is 4.40 Å². The van der Waals surface area contributed by atoms with Gasteiger partial charge in [-0.05, 0) is 0 Å². The second-order valence-electron chi connectivity index (χ2n) is 0.790. The Kier molecular flexibility index (Phi) is 0.979.